The average molecular weight is 201 g/mol. The Morgan fingerprint density at radius 1 is 1.21 bits per heavy atom. The molecule has 80 valence electrons. The van der Waals surface area contributed by atoms with Crippen molar-refractivity contribution in [3.63, 3.8) is 0 Å². The quantitative estimate of drug-likeness (QED) is 0.577. The highest BCUT2D eigenvalue weighted by atomic mass is 16.8. The molecule has 0 amide bonds. The van der Waals surface area contributed by atoms with E-state index in [-0.39, 0.29) is 30.6 Å². The maximum absolute atomic E-state index is 6.01. The first kappa shape index (κ1) is 9.06. The molecule has 5 heteroatoms. The van der Waals surface area contributed by atoms with E-state index in [9.17, 15) is 0 Å². The van der Waals surface area contributed by atoms with Crippen LogP contribution in [-0.4, -0.2) is 43.0 Å². The lowest BCUT2D eigenvalue weighted by molar-refractivity contribution is -0.187. The lowest BCUT2D eigenvalue weighted by atomic mass is 9.99. The zero-order valence-electron chi connectivity index (χ0n) is 8.30. The summed E-state index contributed by atoms with van der Waals surface area (Å²) in [6.07, 6.45) is -0.625. The zero-order valence-corrected chi connectivity index (χ0v) is 8.30. The number of hydrogen-bond acceptors (Lipinski definition) is 5. The smallest absolute Gasteiger partial charge is 0.187 e. The van der Waals surface area contributed by atoms with E-state index in [1.807, 2.05) is 13.8 Å². The van der Waals surface area contributed by atoms with Crippen molar-refractivity contribution >= 4 is 0 Å². The van der Waals surface area contributed by atoms with Crippen LogP contribution >= 0.6 is 0 Å². The lowest BCUT2D eigenvalue weighted by Gasteiger charge is -2.32. The van der Waals surface area contributed by atoms with E-state index in [1.54, 1.807) is 0 Å². The molecular formula is C9H15NO4. The van der Waals surface area contributed by atoms with Crippen LogP contribution in [-0.2, 0) is 18.9 Å². The Balaban J connectivity index is 1.88. The van der Waals surface area contributed by atoms with Crippen molar-refractivity contribution in [2.75, 3.05) is 6.61 Å². The van der Waals surface area contributed by atoms with E-state index < -0.39 is 5.79 Å². The second kappa shape index (κ2) is 2.68. The van der Waals surface area contributed by atoms with E-state index in [1.165, 1.54) is 0 Å². The van der Waals surface area contributed by atoms with Crippen molar-refractivity contribution in [2.24, 2.45) is 5.73 Å². The largest absolute Gasteiger partial charge is 0.347 e. The predicted octanol–water partition coefficient (Wildman–Crippen LogP) is -0.411. The van der Waals surface area contributed by atoms with Crippen LogP contribution < -0.4 is 5.73 Å². The van der Waals surface area contributed by atoms with Gasteiger partial charge in [-0.3, -0.25) is 0 Å². The molecular weight excluding hydrogens is 186 g/mol. The molecule has 0 spiro atoms. The number of rotatable bonds is 0. The summed E-state index contributed by atoms with van der Waals surface area (Å²) >= 11 is 0. The molecule has 3 heterocycles. The van der Waals surface area contributed by atoms with Gasteiger partial charge in [0.05, 0.1) is 12.6 Å². The van der Waals surface area contributed by atoms with Gasteiger partial charge >= 0.3 is 0 Å². The molecule has 0 aromatic heterocycles. The Morgan fingerprint density at radius 2 is 1.93 bits per heavy atom. The highest BCUT2D eigenvalue weighted by Gasteiger charge is 2.57. The van der Waals surface area contributed by atoms with Crippen LogP contribution in [0.3, 0.4) is 0 Å². The summed E-state index contributed by atoms with van der Waals surface area (Å²) < 4.78 is 22.5. The topological polar surface area (TPSA) is 62.9 Å². The van der Waals surface area contributed by atoms with Crippen molar-refractivity contribution in [3.05, 3.63) is 0 Å². The molecule has 0 aromatic rings. The van der Waals surface area contributed by atoms with Crippen LogP contribution in [0.2, 0.25) is 0 Å². The molecule has 0 aliphatic carbocycles. The van der Waals surface area contributed by atoms with E-state index in [4.69, 9.17) is 24.7 Å². The highest BCUT2D eigenvalue weighted by molar-refractivity contribution is 5.00. The normalized spacial score (nSPS) is 54.6. The van der Waals surface area contributed by atoms with Gasteiger partial charge in [-0.1, -0.05) is 0 Å². The Hall–Kier alpha value is -0.200. The first-order chi connectivity index (χ1) is 6.57. The van der Waals surface area contributed by atoms with Gasteiger partial charge in [-0.25, -0.2) is 0 Å². The molecule has 3 saturated heterocycles. The highest BCUT2D eigenvalue weighted by Crippen LogP contribution is 2.39. The summed E-state index contributed by atoms with van der Waals surface area (Å²) in [7, 11) is 0. The second-order valence-corrected chi connectivity index (χ2v) is 4.52. The van der Waals surface area contributed by atoms with Gasteiger partial charge in [0.2, 0.25) is 0 Å². The molecule has 3 fully saturated rings. The van der Waals surface area contributed by atoms with Crippen molar-refractivity contribution in [1.82, 2.24) is 0 Å². The first-order valence-corrected chi connectivity index (χ1v) is 4.95. The van der Waals surface area contributed by atoms with E-state index in [0.717, 1.165) is 0 Å². The summed E-state index contributed by atoms with van der Waals surface area (Å²) in [4.78, 5) is 0. The number of nitrogens with two attached hydrogens (primary N) is 1. The SMILES string of the molecule is CC1(C)O[C@@H]2[C@@H]3OC[C@@H](O3)[C@@H](N)[C@@H]2O1. The Morgan fingerprint density at radius 3 is 2.71 bits per heavy atom. The van der Waals surface area contributed by atoms with Crippen LogP contribution in [0.25, 0.3) is 0 Å². The van der Waals surface area contributed by atoms with Crippen molar-refractivity contribution in [1.29, 1.82) is 0 Å². The zero-order chi connectivity index (χ0) is 9.92. The molecule has 5 nitrogen and oxygen atoms in total. The van der Waals surface area contributed by atoms with Gasteiger partial charge in [0.25, 0.3) is 0 Å². The van der Waals surface area contributed by atoms with Crippen LogP contribution in [0.5, 0.6) is 0 Å². The van der Waals surface area contributed by atoms with Gasteiger partial charge in [-0.15, -0.1) is 0 Å². The van der Waals surface area contributed by atoms with E-state index in [2.05, 4.69) is 0 Å². The van der Waals surface area contributed by atoms with Gasteiger partial charge in [-0.05, 0) is 13.8 Å². The minimum absolute atomic E-state index is 0.0428. The Labute approximate surface area is 82.4 Å². The third kappa shape index (κ3) is 1.14. The van der Waals surface area contributed by atoms with E-state index in [0.29, 0.717) is 6.61 Å². The van der Waals surface area contributed by atoms with Crippen molar-refractivity contribution < 1.29 is 18.9 Å². The molecule has 3 rings (SSSR count). The molecule has 2 bridgehead atoms. The fourth-order valence-electron chi connectivity index (χ4n) is 2.35. The third-order valence-electron chi connectivity index (χ3n) is 2.97. The summed E-state index contributed by atoms with van der Waals surface area (Å²) in [6, 6.07) is -0.152. The Kier molecular flexibility index (Phi) is 1.73. The molecule has 0 unspecified atom stereocenters. The number of hydrogen-bond donors (Lipinski definition) is 1. The second-order valence-electron chi connectivity index (χ2n) is 4.52. The molecule has 0 aromatic carbocycles. The minimum atomic E-state index is -0.579. The van der Waals surface area contributed by atoms with Gasteiger partial charge in [-0.2, -0.15) is 0 Å². The third-order valence-corrected chi connectivity index (χ3v) is 2.97. The maximum atomic E-state index is 6.01. The monoisotopic (exact) mass is 201 g/mol. The summed E-state index contributed by atoms with van der Waals surface area (Å²) in [5.41, 5.74) is 6.01. The Bertz CT molecular complexity index is 249. The summed E-state index contributed by atoms with van der Waals surface area (Å²) in [5, 5.41) is 0. The standard InChI is InChI=1S/C9H15NO4/c1-9(2)13-6-5(10)4-3-11-8(12-4)7(6)14-9/h4-8H,3,10H2,1-2H3/t4-,5-,6+,7+,8-/m1/s1. The molecule has 2 N–H and O–H groups in total. The first-order valence-electron chi connectivity index (χ1n) is 4.95. The molecule has 14 heavy (non-hydrogen) atoms. The molecule has 0 radical (unpaired) electrons. The lowest BCUT2D eigenvalue weighted by Crippen LogP contribution is -2.56. The van der Waals surface area contributed by atoms with Crippen molar-refractivity contribution in [2.45, 2.75) is 50.3 Å². The fourth-order valence-corrected chi connectivity index (χ4v) is 2.35. The van der Waals surface area contributed by atoms with Crippen molar-refractivity contribution in [3.8, 4) is 0 Å². The van der Waals surface area contributed by atoms with Gasteiger partial charge in [0.15, 0.2) is 12.1 Å². The summed E-state index contributed by atoms with van der Waals surface area (Å²) in [6.45, 7) is 4.31. The van der Waals surface area contributed by atoms with Gasteiger partial charge in [0.1, 0.15) is 18.3 Å². The average Bonchev–Trinajstić information content (AvgIpc) is 2.64. The van der Waals surface area contributed by atoms with Crippen LogP contribution in [0.15, 0.2) is 0 Å². The minimum Gasteiger partial charge on any atom is -0.347 e. The van der Waals surface area contributed by atoms with Gasteiger partial charge in [0, 0.05) is 0 Å². The molecule has 3 aliphatic rings. The predicted molar refractivity (Wildman–Crippen MR) is 46.4 cm³/mol. The number of ether oxygens (including phenoxy) is 4. The molecule has 0 saturated carbocycles. The molecule has 3 aliphatic heterocycles. The van der Waals surface area contributed by atoms with Crippen LogP contribution in [0.4, 0.5) is 0 Å². The van der Waals surface area contributed by atoms with Gasteiger partial charge < -0.3 is 24.7 Å². The number of fused-ring (bicyclic) bond motifs is 4. The maximum Gasteiger partial charge on any atom is 0.187 e. The summed E-state index contributed by atoms with van der Waals surface area (Å²) in [5.74, 6) is -0.579. The van der Waals surface area contributed by atoms with Crippen LogP contribution in [0, 0.1) is 0 Å². The fraction of sp³-hybridized carbons (Fsp3) is 1.00. The van der Waals surface area contributed by atoms with Crippen LogP contribution in [0.1, 0.15) is 13.8 Å². The molecule has 5 atom stereocenters. The van der Waals surface area contributed by atoms with E-state index >= 15 is 0 Å².